The maximum Gasteiger partial charge on any atom is 0.319 e. The smallest absolute Gasteiger partial charge is 0.314 e. The summed E-state index contributed by atoms with van der Waals surface area (Å²) in [6.07, 6.45) is 1.24. The lowest BCUT2D eigenvalue weighted by atomic mass is 10.1. The van der Waals surface area contributed by atoms with E-state index in [2.05, 4.69) is 166 Å². The first kappa shape index (κ1) is 48.6. The Morgan fingerprint density at radius 1 is 0.364 bits per heavy atom. The van der Waals surface area contributed by atoms with E-state index in [-0.39, 0.29) is 11.1 Å². The van der Waals surface area contributed by atoms with Crippen molar-refractivity contribution in [2.75, 3.05) is 65.6 Å². The van der Waals surface area contributed by atoms with Gasteiger partial charge in [-0.1, -0.05) is 75.7 Å². The number of nitrogens with one attached hydrogen (secondary N) is 11. The largest absolute Gasteiger partial charge is 0.319 e. The summed E-state index contributed by atoms with van der Waals surface area (Å²) in [6.45, 7) is 44.6. The molecule has 0 bridgehead atoms. The van der Waals surface area contributed by atoms with E-state index in [9.17, 15) is 0 Å². The molecular weight excluding hydrogens is 599 g/mol. The zero-order valence-corrected chi connectivity index (χ0v) is 35.5. The van der Waals surface area contributed by atoms with Crippen LogP contribution in [0, 0.1) is 0 Å². The van der Waals surface area contributed by atoms with Crippen LogP contribution in [0.3, 0.4) is 0 Å². The summed E-state index contributed by atoms with van der Waals surface area (Å²) in [6, 6.07) is 1.25. The lowest BCUT2D eigenvalue weighted by Gasteiger charge is -2.47. The van der Waals surface area contributed by atoms with Crippen LogP contribution in [-0.4, -0.2) is 101 Å². The fourth-order valence-electron chi connectivity index (χ4n) is 5.07. The molecular formula is C30H83N11Si3. The molecule has 0 aliphatic rings. The highest BCUT2D eigenvalue weighted by atomic mass is 29.3. The summed E-state index contributed by atoms with van der Waals surface area (Å²) in [7, 11) is -5.71. The molecule has 0 aromatic carbocycles. The molecule has 0 atom stereocenters. The molecule has 0 aliphatic heterocycles. The van der Waals surface area contributed by atoms with Crippen molar-refractivity contribution >= 4 is 24.7 Å². The first-order valence-corrected chi connectivity index (χ1v) is 25.0. The predicted octanol–water partition coefficient (Wildman–Crippen LogP) is 2.48. The molecule has 14 heteroatoms. The monoisotopic (exact) mass is 682 g/mol. The quantitative estimate of drug-likeness (QED) is 0.0575. The van der Waals surface area contributed by atoms with E-state index >= 15 is 0 Å². The summed E-state index contributed by atoms with van der Waals surface area (Å²) >= 11 is 0. The third-order valence-corrected chi connectivity index (χ3v) is 23.6. The van der Waals surface area contributed by atoms with Crippen LogP contribution in [-0.2, 0) is 0 Å². The topological polar surface area (TPSA) is 132 Å². The Labute approximate surface area is 279 Å². The highest BCUT2D eigenvalue weighted by Gasteiger charge is 2.57. The first-order chi connectivity index (χ1) is 20.6. The molecule has 0 radical (unpaired) electrons. The third kappa shape index (κ3) is 21.9. The third-order valence-electron chi connectivity index (χ3n) is 6.51. The summed E-state index contributed by atoms with van der Waals surface area (Å²) in [5.74, 6) is 0. The maximum atomic E-state index is 3.78. The van der Waals surface area contributed by atoms with Crippen LogP contribution < -0.4 is 55.5 Å². The average Bonchev–Trinajstić information content (AvgIpc) is 2.89. The van der Waals surface area contributed by atoms with Crippen LogP contribution in [0.4, 0.5) is 0 Å². The van der Waals surface area contributed by atoms with Gasteiger partial charge in [0.15, 0.2) is 0 Å². The van der Waals surface area contributed by atoms with Gasteiger partial charge in [0, 0.05) is 17.7 Å². The first-order valence-electron chi connectivity index (χ1n) is 17.8. The number of rotatable bonds is 23. The van der Waals surface area contributed by atoms with Crippen molar-refractivity contribution in [3.63, 3.8) is 0 Å². The lowest BCUT2D eigenvalue weighted by Crippen LogP contribution is -2.98. The fraction of sp³-hybridized carbons (Fsp3) is 1.00. The molecule has 0 fully saturated rings. The molecule has 0 aromatic heterocycles. The van der Waals surface area contributed by atoms with Gasteiger partial charge < -0.3 is 44.8 Å². The van der Waals surface area contributed by atoms with Gasteiger partial charge in [-0.3, -0.25) is 10.6 Å². The van der Waals surface area contributed by atoms with E-state index in [1.54, 1.807) is 0 Å². The van der Waals surface area contributed by atoms with Crippen LogP contribution in [0.1, 0.15) is 117 Å². The minimum Gasteiger partial charge on any atom is -0.314 e. The molecule has 11 nitrogen and oxygen atoms in total. The Bertz CT molecular complexity index is 531. The van der Waals surface area contributed by atoms with Gasteiger partial charge >= 0.3 is 16.2 Å². The molecule has 0 heterocycles. The second-order valence-corrected chi connectivity index (χ2v) is 26.0. The SMILES string of the molecule is CC(C)(C)NCNC(C)(C)C.CCC[Si](NCC)(NCC)NCC.CCN[Si](NCC)(NCC)[Si](NCC)(NCC)NCC. The summed E-state index contributed by atoms with van der Waals surface area (Å²) < 4.78 is 0. The van der Waals surface area contributed by atoms with Crippen molar-refractivity contribution in [3.05, 3.63) is 0 Å². The van der Waals surface area contributed by atoms with Gasteiger partial charge in [0.05, 0.1) is 0 Å². The zero-order valence-electron chi connectivity index (χ0n) is 32.5. The van der Waals surface area contributed by atoms with E-state index in [1.807, 2.05) is 0 Å². The van der Waals surface area contributed by atoms with Gasteiger partial charge in [0.25, 0.3) is 8.56 Å². The molecule has 11 N–H and O–H groups in total. The summed E-state index contributed by atoms with van der Waals surface area (Å²) in [5.41, 5.74) is 0.413. The predicted molar refractivity (Wildman–Crippen MR) is 206 cm³/mol. The van der Waals surface area contributed by atoms with E-state index in [0.717, 1.165) is 65.6 Å². The van der Waals surface area contributed by atoms with E-state index in [1.165, 1.54) is 12.5 Å². The maximum absolute atomic E-state index is 3.78. The average molecular weight is 682 g/mol. The second-order valence-electron chi connectivity index (χ2n) is 13.0. The van der Waals surface area contributed by atoms with E-state index < -0.39 is 24.7 Å². The molecule has 44 heavy (non-hydrogen) atoms. The molecule has 0 saturated heterocycles. The van der Waals surface area contributed by atoms with Crippen molar-refractivity contribution in [1.82, 2.24) is 55.5 Å². The van der Waals surface area contributed by atoms with Crippen molar-refractivity contribution < 1.29 is 0 Å². The molecule has 0 rings (SSSR count). The van der Waals surface area contributed by atoms with Crippen LogP contribution in [0.15, 0.2) is 0 Å². The van der Waals surface area contributed by atoms with Crippen LogP contribution in [0.2, 0.25) is 6.04 Å². The minimum absolute atomic E-state index is 0.207. The Morgan fingerprint density at radius 2 is 0.591 bits per heavy atom. The van der Waals surface area contributed by atoms with Crippen LogP contribution in [0.25, 0.3) is 0 Å². The Kier molecular flexibility index (Phi) is 30.0. The highest BCUT2D eigenvalue weighted by Crippen LogP contribution is 2.04. The normalized spacial score (nSPS) is 12.8. The second kappa shape index (κ2) is 27.2. The van der Waals surface area contributed by atoms with Crippen molar-refractivity contribution in [3.8, 4) is 0 Å². The fourth-order valence-corrected chi connectivity index (χ4v) is 22.0. The molecule has 0 aliphatic carbocycles. The van der Waals surface area contributed by atoms with Gasteiger partial charge in [0.2, 0.25) is 0 Å². The number of hydrogen-bond donors (Lipinski definition) is 11. The molecule has 0 saturated carbocycles. The molecule has 0 unspecified atom stereocenters. The van der Waals surface area contributed by atoms with Crippen molar-refractivity contribution in [2.45, 2.75) is 134 Å². The van der Waals surface area contributed by atoms with Crippen molar-refractivity contribution in [2.24, 2.45) is 0 Å². The zero-order chi connectivity index (χ0) is 34.8. The Balaban J connectivity index is -0.000000608. The van der Waals surface area contributed by atoms with Crippen LogP contribution in [0.5, 0.6) is 0 Å². The lowest BCUT2D eigenvalue weighted by molar-refractivity contribution is 0.345. The van der Waals surface area contributed by atoms with Crippen molar-refractivity contribution in [1.29, 1.82) is 0 Å². The van der Waals surface area contributed by atoms with E-state index in [4.69, 9.17) is 0 Å². The molecule has 0 amide bonds. The summed E-state index contributed by atoms with van der Waals surface area (Å²) in [5, 5.41) is 6.73. The number of hydrogen-bond acceptors (Lipinski definition) is 11. The molecule has 270 valence electrons. The molecule has 0 aromatic rings. The standard InChI is InChI=1S/C12H36N6Si2.C9H25N3Si.C9H22N2/c1-7-13-19(14-8-2,15-9-3)20(16-10-4,17-11-5)18-12-6;1-5-9-13(10-6-2,11-7-3)12-8-4;1-8(2,3)10-7-11-9(4,5)6/h13-18H,7-12H2,1-6H3;10-12H,5-9H2,1-4H3;10-11H,7H2,1-6H3. The Hall–Kier alpha value is 0.211. The Morgan fingerprint density at radius 3 is 0.750 bits per heavy atom. The van der Waals surface area contributed by atoms with Gasteiger partial charge in [-0.2, -0.15) is 0 Å². The summed E-state index contributed by atoms with van der Waals surface area (Å²) in [4.78, 5) is 33.6. The van der Waals surface area contributed by atoms with Crippen LogP contribution >= 0.6 is 0 Å². The van der Waals surface area contributed by atoms with Gasteiger partial charge in [-0.25, -0.2) is 0 Å². The highest BCUT2D eigenvalue weighted by molar-refractivity contribution is 7.36. The minimum atomic E-state index is -2.08. The molecule has 0 spiro atoms. The van der Waals surface area contributed by atoms with Gasteiger partial charge in [-0.05, 0) is 106 Å². The van der Waals surface area contributed by atoms with E-state index in [0.29, 0.717) is 0 Å². The van der Waals surface area contributed by atoms with Gasteiger partial charge in [-0.15, -0.1) is 0 Å². The van der Waals surface area contributed by atoms with Gasteiger partial charge in [0.1, 0.15) is 0 Å².